The Morgan fingerprint density at radius 2 is 1.96 bits per heavy atom. The van der Waals surface area contributed by atoms with Crippen LogP contribution in [0.1, 0.15) is 12.8 Å². The third-order valence-corrected chi connectivity index (χ3v) is 5.89. The van der Waals surface area contributed by atoms with E-state index in [9.17, 15) is 8.42 Å². The van der Waals surface area contributed by atoms with Crippen LogP contribution in [0.5, 0.6) is 0 Å². The van der Waals surface area contributed by atoms with E-state index in [0.29, 0.717) is 28.1 Å². The number of nitrogens with one attached hydrogen (secondary N) is 3. The first-order chi connectivity index (χ1) is 12.9. The monoisotopic (exact) mass is 425 g/mol. The predicted molar refractivity (Wildman–Crippen MR) is 112 cm³/mol. The van der Waals surface area contributed by atoms with Gasteiger partial charge in [0, 0.05) is 29.5 Å². The molecule has 1 atom stereocenters. The average molecular weight is 426 g/mol. The Labute approximate surface area is 169 Å². The number of hydrogen-bond donors (Lipinski definition) is 3. The lowest BCUT2D eigenvalue weighted by Crippen LogP contribution is -2.34. The van der Waals surface area contributed by atoms with Crippen molar-refractivity contribution in [2.75, 3.05) is 23.2 Å². The minimum absolute atomic E-state index is 0.129. The number of rotatable bonds is 6. The molecule has 0 unspecified atom stereocenters. The molecule has 0 aliphatic carbocycles. The van der Waals surface area contributed by atoms with Crippen molar-refractivity contribution in [3.8, 4) is 0 Å². The Morgan fingerprint density at radius 3 is 2.67 bits per heavy atom. The van der Waals surface area contributed by atoms with Crippen molar-refractivity contribution in [3.05, 3.63) is 53.6 Å². The molecule has 1 saturated heterocycles. The molecular formula is C18H20ClN3O3S2. The highest BCUT2D eigenvalue weighted by Crippen LogP contribution is 2.20. The normalized spacial score (nSPS) is 16.7. The molecule has 2 aromatic carbocycles. The topological polar surface area (TPSA) is 79.5 Å². The zero-order valence-electron chi connectivity index (χ0n) is 14.4. The number of benzene rings is 2. The Bertz CT molecular complexity index is 898. The van der Waals surface area contributed by atoms with E-state index in [1.165, 1.54) is 12.1 Å². The van der Waals surface area contributed by atoms with Crippen LogP contribution in [0.2, 0.25) is 5.02 Å². The standard InChI is InChI=1S/C18H20ClN3O3S2/c19-13-6-8-14(9-7-13)22-27(23,24)17-5-1-3-15(11-17)21-18(26)20-12-16-4-2-10-25-16/h1,3,5-9,11,16,22H,2,4,10,12H2,(H2,20,21,26)/t16-/m0/s1. The molecule has 0 aromatic heterocycles. The summed E-state index contributed by atoms with van der Waals surface area (Å²) in [6.07, 6.45) is 2.24. The molecule has 3 N–H and O–H groups in total. The fourth-order valence-corrected chi connectivity index (χ4v) is 4.09. The summed E-state index contributed by atoms with van der Waals surface area (Å²) in [7, 11) is -3.73. The van der Waals surface area contributed by atoms with Gasteiger partial charge in [-0.05, 0) is 67.5 Å². The van der Waals surface area contributed by atoms with Gasteiger partial charge in [-0.15, -0.1) is 0 Å². The van der Waals surface area contributed by atoms with Crippen molar-refractivity contribution < 1.29 is 13.2 Å². The van der Waals surface area contributed by atoms with Crippen molar-refractivity contribution in [1.29, 1.82) is 0 Å². The molecule has 0 saturated carbocycles. The van der Waals surface area contributed by atoms with E-state index < -0.39 is 10.0 Å². The van der Waals surface area contributed by atoms with Crippen LogP contribution >= 0.6 is 23.8 Å². The lowest BCUT2D eigenvalue weighted by Gasteiger charge is -2.15. The smallest absolute Gasteiger partial charge is 0.261 e. The maximum Gasteiger partial charge on any atom is 0.261 e. The Hall–Kier alpha value is -1.87. The summed E-state index contributed by atoms with van der Waals surface area (Å²) in [6.45, 7) is 1.41. The summed E-state index contributed by atoms with van der Waals surface area (Å²) in [5.41, 5.74) is 1.02. The van der Waals surface area contributed by atoms with Gasteiger partial charge in [0.25, 0.3) is 10.0 Å². The Balaban J connectivity index is 1.63. The van der Waals surface area contributed by atoms with Gasteiger partial charge < -0.3 is 15.4 Å². The Morgan fingerprint density at radius 1 is 1.19 bits per heavy atom. The molecule has 0 bridgehead atoms. The molecule has 9 heteroatoms. The van der Waals surface area contributed by atoms with Gasteiger partial charge in [-0.3, -0.25) is 4.72 Å². The number of ether oxygens (including phenoxy) is 1. The van der Waals surface area contributed by atoms with E-state index in [2.05, 4.69) is 15.4 Å². The van der Waals surface area contributed by atoms with Gasteiger partial charge in [0.2, 0.25) is 0 Å². The summed E-state index contributed by atoms with van der Waals surface area (Å²) in [5.74, 6) is 0. The van der Waals surface area contributed by atoms with E-state index in [0.717, 1.165) is 19.4 Å². The molecule has 6 nitrogen and oxygen atoms in total. The maximum atomic E-state index is 12.6. The van der Waals surface area contributed by atoms with Crippen molar-refractivity contribution >= 4 is 50.3 Å². The minimum Gasteiger partial charge on any atom is -0.376 e. The molecule has 2 aromatic rings. The largest absolute Gasteiger partial charge is 0.376 e. The van der Waals surface area contributed by atoms with Crippen molar-refractivity contribution in [2.45, 2.75) is 23.8 Å². The van der Waals surface area contributed by atoms with Crippen molar-refractivity contribution in [3.63, 3.8) is 0 Å². The van der Waals surface area contributed by atoms with E-state index >= 15 is 0 Å². The zero-order chi connectivity index (χ0) is 19.3. The predicted octanol–water partition coefficient (Wildman–Crippen LogP) is 3.61. The molecule has 0 amide bonds. The molecule has 27 heavy (non-hydrogen) atoms. The van der Waals surface area contributed by atoms with Gasteiger partial charge >= 0.3 is 0 Å². The molecule has 1 aliphatic rings. The first kappa shape index (κ1) is 19.9. The molecular weight excluding hydrogens is 406 g/mol. The van der Waals surface area contributed by atoms with Gasteiger partial charge in [0.1, 0.15) is 0 Å². The number of hydrogen-bond acceptors (Lipinski definition) is 4. The van der Waals surface area contributed by atoms with Crippen LogP contribution in [0.3, 0.4) is 0 Å². The lowest BCUT2D eigenvalue weighted by molar-refractivity contribution is 0.114. The first-order valence-electron chi connectivity index (χ1n) is 8.47. The summed E-state index contributed by atoms with van der Waals surface area (Å²) < 4.78 is 33.2. The second kappa shape index (κ2) is 8.88. The SMILES string of the molecule is O=S(=O)(Nc1ccc(Cl)cc1)c1cccc(NC(=S)NC[C@@H]2CCCO2)c1. The van der Waals surface area contributed by atoms with Gasteiger partial charge in [0.15, 0.2) is 5.11 Å². The number of anilines is 2. The highest BCUT2D eigenvalue weighted by Gasteiger charge is 2.17. The summed E-state index contributed by atoms with van der Waals surface area (Å²) in [5, 5.41) is 7.06. The van der Waals surface area contributed by atoms with Crippen LogP contribution < -0.4 is 15.4 Å². The van der Waals surface area contributed by atoms with Crippen LogP contribution in [0.4, 0.5) is 11.4 Å². The van der Waals surface area contributed by atoms with Gasteiger partial charge in [-0.2, -0.15) is 0 Å². The van der Waals surface area contributed by atoms with Gasteiger partial charge in [0.05, 0.1) is 11.0 Å². The third kappa shape index (κ3) is 5.80. The van der Waals surface area contributed by atoms with Crippen LogP contribution in [0.25, 0.3) is 0 Å². The maximum absolute atomic E-state index is 12.6. The average Bonchev–Trinajstić information content (AvgIpc) is 3.16. The van der Waals surface area contributed by atoms with E-state index in [-0.39, 0.29) is 11.0 Å². The molecule has 1 fully saturated rings. The Kier molecular flexibility index (Phi) is 6.54. The quantitative estimate of drug-likeness (QED) is 0.613. The van der Waals surface area contributed by atoms with E-state index in [1.807, 2.05) is 0 Å². The van der Waals surface area contributed by atoms with E-state index in [1.54, 1.807) is 36.4 Å². The minimum atomic E-state index is -3.73. The second-order valence-corrected chi connectivity index (χ2v) is 8.64. The second-order valence-electron chi connectivity index (χ2n) is 6.11. The summed E-state index contributed by atoms with van der Waals surface area (Å²) in [6, 6.07) is 12.9. The highest BCUT2D eigenvalue weighted by atomic mass is 35.5. The van der Waals surface area contributed by atoms with Crippen LogP contribution in [0, 0.1) is 0 Å². The molecule has 144 valence electrons. The fraction of sp³-hybridized carbons (Fsp3) is 0.278. The zero-order valence-corrected chi connectivity index (χ0v) is 16.8. The first-order valence-corrected chi connectivity index (χ1v) is 10.7. The van der Waals surface area contributed by atoms with Gasteiger partial charge in [-0.25, -0.2) is 8.42 Å². The molecule has 3 rings (SSSR count). The summed E-state index contributed by atoms with van der Waals surface area (Å²) >= 11 is 11.1. The third-order valence-electron chi connectivity index (χ3n) is 4.01. The van der Waals surface area contributed by atoms with E-state index in [4.69, 9.17) is 28.6 Å². The number of thiocarbonyl (C=S) groups is 1. The molecule has 0 radical (unpaired) electrons. The summed E-state index contributed by atoms with van der Waals surface area (Å²) in [4.78, 5) is 0.129. The van der Waals surface area contributed by atoms with Gasteiger partial charge in [-0.1, -0.05) is 17.7 Å². The van der Waals surface area contributed by atoms with Crippen molar-refractivity contribution in [1.82, 2.24) is 5.32 Å². The highest BCUT2D eigenvalue weighted by molar-refractivity contribution is 7.92. The fourth-order valence-electron chi connectivity index (χ4n) is 2.66. The lowest BCUT2D eigenvalue weighted by atomic mass is 10.2. The van der Waals surface area contributed by atoms with Crippen LogP contribution in [-0.2, 0) is 14.8 Å². The number of halogens is 1. The van der Waals surface area contributed by atoms with Crippen LogP contribution in [0.15, 0.2) is 53.4 Å². The molecule has 0 spiro atoms. The van der Waals surface area contributed by atoms with Crippen molar-refractivity contribution in [2.24, 2.45) is 0 Å². The molecule has 1 aliphatic heterocycles. The number of sulfonamides is 1. The molecule has 1 heterocycles. The van der Waals surface area contributed by atoms with Crippen LogP contribution in [-0.4, -0.2) is 32.8 Å².